The molecule has 1 unspecified atom stereocenters. The highest BCUT2D eigenvalue weighted by atomic mass is 16.6. The Hall–Kier alpha value is -2.37. The quantitative estimate of drug-likeness (QED) is 0.618. The van der Waals surface area contributed by atoms with Gasteiger partial charge in [-0.2, -0.15) is 0 Å². The standard InChI is InChI=1S/C29H40N2O3/c1-28(2,3)34-27(32)31-20-18-30(19-21-31)22-26(29(33)16-10-5-11-17-29)25-15-9-8-14-24(25)23-12-6-4-7-13-23/h4,6-9,12-15,26,33H,5,10-11,16-22H2,1-3H3. The molecular weight excluding hydrogens is 424 g/mol. The molecule has 1 aliphatic carbocycles. The summed E-state index contributed by atoms with van der Waals surface area (Å²) in [6.07, 6.45) is 4.81. The molecule has 184 valence electrons. The van der Waals surface area contributed by atoms with Crippen LogP contribution in [-0.2, 0) is 4.74 Å². The van der Waals surface area contributed by atoms with E-state index in [2.05, 4.69) is 53.4 Å². The van der Waals surface area contributed by atoms with Crippen LogP contribution in [0.15, 0.2) is 54.6 Å². The van der Waals surface area contributed by atoms with E-state index in [4.69, 9.17) is 4.74 Å². The predicted octanol–water partition coefficient (Wildman–Crippen LogP) is 5.69. The summed E-state index contributed by atoms with van der Waals surface area (Å²) in [5, 5.41) is 11.9. The molecule has 0 bridgehead atoms. The summed E-state index contributed by atoms with van der Waals surface area (Å²) in [7, 11) is 0. The van der Waals surface area contributed by atoms with Crippen LogP contribution in [0.2, 0.25) is 0 Å². The molecule has 5 heteroatoms. The lowest BCUT2D eigenvalue weighted by Crippen LogP contribution is -2.52. The number of carbonyl (C=O) groups excluding carboxylic acids is 1. The minimum absolute atomic E-state index is 0.0253. The first-order chi connectivity index (χ1) is 16.3. The second-order valence-electron chi connectivity index (χ2n) is 10.9. The minimum Gasteiger partial charge on any atom is -0.444 e. The number of nitrogens with zero attached hydrogens (tertiary/aromatic N) is 2. The lowest BCUT2D eigenvalue weighted by molar-refractivity contribution is -0.0355. The fourth-order valence-electron chi connectivity index (χ4n) is 5.45. The number of piperazine rings is 1. The number of carbonyl (C=O) groups is 1. The zero-order valence-electron chi connectivity index (χ0n) is 21.0. The van der Waals surface area contributed by atoms with Crippen molar-refractivity contribution in [1.29, 1.82) is 0 Å². The largest absolute Gasteiger partial charge is 0.444 e. The molecule has 2 aromatic carbocycles. The van der Waals surface area contributed by atoms with Crippen LogP contribution in [0.4, 0.5) is 4.79 Å². The van der Waals surface area contributed by atoms with Gasteiger partial charge in [0.15, 0.2) is 0 Å². The lowest BCUT2D eigenvalue weighted by Gasteiger charge is -2.44. The van der Waals surface area contributed by atoms with E-state index in [0.29, 0.717) is 13.1 Å². The molecule has 1 aliphatic heterocycles. The molecule has 34 heavy (non-hydrogen) atoms. The molecule has 2 aliphatic rings. The van der Waals surface area contributed by atoms with Crippen molar-refractivity contribution in [3.63, 3.8) is 0 Å². The van der Waals surface area contributed by atoms with Crippen molar-refractivity contribution >= 4 is 6.09 Å². The molecular formula is C29H40N2O3. The number of amides is 1. The minimum atomic E-state index is -0.703. The Morgan fingerprint density at radius 1 is 0.941 bits per heavy atom. The van der Waals surface area contributed by atoms with E-state index in [-0.39, 0.29) is 12.0 Å². The van der Waals surface area contributed by atoms with Gasteiger partial charge in [-0.3, -0.25) is 4.90 Å². The highest BCUT2D eigenvalue weighted by Gasteiger charge is 2.41. The Balaban J connectivity index is 1.55. The third-order valence-corrected chi connectivity index (χ3v) is 7.25. The maximum absolute atomic E-state index is 12.5. The number of ether oxygens (including phenoxy) is 1. The first-order valence-electron chi connectivity index (χ1n) is 12.8. The molecule has 0 radical (unpaired) electrons. The van der Waals surface area contributed by atoms with E-state index in [9.17, 15) is 9.90 Å². The van der Waals surface area contributed by atoms with Crippen molar-refractivity contribution in [2.75, 3.05) is 32.7 Å². The van der Waals surface area contributed by atoms with Gasteiger partial charge in [-0.25, -0.2) is 4.79 Å². The number of aliphatic hydroxyl groups is 1. The number of benzene rings is 2. The maximum atomic E-state index is 12.5. The summed E-state index contributed by atoms with van der Waals surface area (Å²) in [4.78, 5) is 16.7. The molecule has 5 nitrogen and oxygen atoms in total. The lowest BCUT2D eigenvalue weighted by atomic mass is 9.71. The normalized spacial score (nSPS) is 20.1. The van der Waals surface area contributed by atoms with Gasteiger partial charge in [0.25, 0.3) is 0 Å². The summed E-state index contributed by atoms with van der Waals surface area (Å²) in [6, 6.07) is 19.1. The smallest absolute Gasteiger partial charge is 0.410 e. The van der Waals surface area contributed by atoms with Gasteiger partial charge in [0, 0.05) is 38.6 Å². The second-order valence-corrected chi connectivity index (χ2v) is 10.9. The summed E-state index contributed by atoms with van der Waals surface area (Å²) < 4.78 is 5.57. The molecule has 1 atom stereocenters. The van der Waals surface area contributed by atoms with Crippen molar-refractivity contribution in [2.24, 2.45) is 0 Å². The Morgan fingerprint density at radius 2 is 1.56 bits per heavy atom. The van der Waals surface area contributed by atoms with Crippen LogP contribution >= 0.6 is 0 Å². The Bertz CT molecular complexity index is 939. The van der Waals surface area contributed by atoms with Crippen LogP contribution in [0.25, 0.3) is 11.1 Å². The summed E-state index contributed by atoms with van der Waals surface area (Å²) in [5.41, 5.74) is 2.44. The third-order valence-electron chi connectivity index (χ3n) is 7.25. The van der Waals surface area contributed by atoms with Gasteiger partial charge in [0.05, 0.1) is 5.60 Å². The van der Waals surface area contributed by atoms with Crippen molar-refractivity contribution < 1.29 is 14.6 Å². The van der Waals surface area contributed by atoms with E-state index in [0.717, 1.165) is 45.3 Å². The molecule has 1 amide bonds. The van der Waals surface area contributed by atoms with E-state index in [1.165, 1.54) is 23.1 Å². The van der Waals surface area contributed by atoms with Crippen molar-refractivity contribution in [2.45, 2.75) is 70.0 Å². The first kappa shape index (κ1) is 24.7. The number of rotatable bonds is 5. The molecule has 1 heterocycles. The van der Waals surface area contributed by atoms with E-state index in [1.54, 1.807) is 0 Å². The third kappa shape index (κ3) is 6.00. The topological polar surface area (TPSA) is 53.0 Å². The summed E-state index contributed by atoms with van der Waals surface area (Å²) in [5.74, 6) is 0.0253. The molecule has 2 aromatic rings. The van der Waals surface area contributed by atoms with E-state index in [1.807, 2.05) is 31.7 Å². The van der Waals surface area contributed by atoms with E-state index < -0.39 is 11.2 Å². The monoisotopic (exact) mass is 464 g/mol. The Morgan fingerprint density at radius 3 is 2.21 bits per heavy atom. The average molecular weight is 465 g/mol. The predicted molar refractivity (Wildman–Crippen MR) is 137 cm³/mol. The number of hydrogen-bond acceptors (Lipinski definition) is 4. The summed E-state index contributed by atoms with van der Waals surface area (Å²) in [6.45, 7) is 9.39. The van der Waals surface area contributed by atoms with Crippen molar-refractivity contribution in [3.05, 3.63) is 60.2 Å². The van der Waals surface area contributed by atoms with Gasteiger partial charge in [-0.15, -0.1) is 0 Å². The molecule has 1 saturated heterocycles. The van der Waals surface area contributed by atoms with Crippen molar-refractivity contribution in [3.8, 4) is 11.1 Å². The number of hydrogen-bond donors (Lipinski definition) is 1. The van der Waals surface area contributed by atoms with Gasteiger partial charge in [0.2, 0.25) is 0 Å². The van der Waals surface area contributed by atoms with Crippen LogP contribution in [0.3, 0.4) is 0 Å². The zero-order chi connectivity index (χ0) is 24.2. The summed E-state index contributed by atoms with van der Waals surface area (Å²) >= 11 is 0. The van der Waals surface area contributed by atoms with Crippen LogP contribution in [-0.4, -0.2) is 64.9 Å². The van der Waals surface area contributed by atoms with Gasteiger partial charge in [0.1, 0.15) is 5.60 Å². The van der Waals surface area contributed by atoms with Crippen LogP contribution < -0.4 is 0 Å². The molecule has 0 aromatic heterocycles. The SMILES string of the molecule is CC(C)(C)OC(=O)N1CCN(CC(c2ccccc2-c2ccccc2)C2(O)CCCCC2)CC1. The highest BCUT2D eigenvalue weighted by Crippen LogP contribution is 2.43. The fourth-order valence-corrected chi connectivity index (χ4v) is 5.45. The zero-order valence-corrected chi connectivity index (χ0v) is 21.0. The first-order valence-corrected chi connectivity index (χ1v) is 12.8. The van der Waals surface area contributed by atoms with Crippen LogP contribution in [0.5, 0.6) is 0 Å². The fraction of sp³-hybridized carbons (Fsp3) is 0.552. The highest BCUT2D eigenvalue weighted by molar-refractivity contribution is 5.69. The second kappa shape index (κ2) is 10.5. The van der Waals surface area contributed by atoms with Crippen LogP contribution in [0, 0.1) is 0 Å². The van der Waals surface area contributed by atoms with Gasteiger partial charge in [-0.05, 0) is 50.3 Å². The van der Waals surface area contributed by atoms with Gasteiger partial charge < -0.3 is 14.7 Å². The molecule has 0 spiro atoms. The van der Waals surface area contributed by atoms with Crippen molar-refractivity contribution in [1.82, 2.24) is 9.80 Å². The molecule has 1 N–H and O–H groups in total. The average Bonchev–Trinajstić information content (AvgIpc) is 2.83. The Kier molecular flexibility index (Phi) is 7.63. The van der Waals surface area contributed by atoms with Gasteiger partial charge >= 0.3 is 6.09 Å². The molecule has 1 saturated carbocycles. The van der Waals surface area contributed by atoms with E-state index >= 15 is 0 Å². The van der Waals surface area contributed by atoms with Gasteiger partial charge in [-0.1, -0.05) is 73.9 Å². The Labute approximate surface area is 204 Å². The molecule has 2 fully saturated rings. The molecule has 4 rings (SSSR count). The maximum Gasteiger partial charge on any atom is 0.410 e. The van der Waals surface area contributed by atoms with Crippen LogP contribution in [0.1, 0.15) is 64.4 Å².